The first-order chi connectivity index (χ1) is 7.31. The molecule has 2 fully saturated rings. The van der Waals surface area contributed by atoms with Crippen LogP contribution in [0.25, 0.3) is 0 Å². The first kappa shape index (κ1) is 14.9. The standard InChI is InChI=1S/C8H16N2O.2C2H6/c1-8-6-9-2-3-10(8)4-5-11-7-8;2*1-2/h9H,2-7H2,1H3;2*1-2H3. The third kappa shape index (κ3) is 4.09. The molecule has 2 aliphatic rings. The van der Waals surface area contributed by atoms with Crippen molar-refractivity contribution in [3.8, 4) is 0 Å². The van der Waals surface area contributed by atoms with Crippen LogP contribution in [0.5, 0.6) is 0 Å². The number of morpholine rings is 1. The van der Waals surface area contributed by atoms with Gasteiger partial charge in [0.1, 0.15) is 0 Å². The molecule has 2 heterocycles. The molecule has 92 valence electrons. The molecular weight excluding hydrogens is 188 g/mol. The molecule has 0 radical (unpaired) electrons. The van der Waals surface area contributed by atoms with E-state index in [-0.39, 0.29) is 5.54 Å². The SMILES string of the molecule is CC.CC.CC12CNCCN1CCOC2. The molecule has 1 atom stereocenters. The minimum absolute atomic E-state index is 0.274. The third-order valence-electron chi connectivity index (χ3n) is 2.75. The van der Waals surface area contributed by atoms with Crippen LogP contribution in [0.2, 0.25) is 0 Å². The van der Waals surface area contributed by atoms with Crippen LogP contribution in [0.4, 0.5) is 0 Å². The van der Waals surface area contributed by atoms with Gasteiger partial charge in [-0.1, -0.05) is 27.7 Å². The highest BCUT2D eigenvalue weighted by molar-refractivity contribution is 4.94. The van der Waals surface area contributed by atoms with Gasteiger partial charge in [-0.2, -0.15) is 0 Å². The van der Waals surface area contributed by atoms with E-state index >= 15 is 0 Å². The Balaban J connectivity index is 0.000000442. The summed E-state index contributed by atoms with van der Waals surface area (Å²) in [6.45, 7) is 16.6. The second-order valence-corrected chi connectivity index (χ2v) is 3.71. The average Bonchev–Trinajstić information content (AvgIpc) is 2.33. The number of fused-ring (bicyclic) bond motifs is 1. The van der Waals surface area contributed by atoms with E-state index in [0.29, 0.717) is 0 Å². The Morgan fingerprint density at radius 2 is 1.80 bits per heavy atom. The number of ether oxygens (including phenoxy) is 1. The molecule has 2 rings (SSSR count). The number of nitrogens with one attached hydrogen (secondary N) is 1. The van der Waals surface area contributed by atoms with Crippen molar-refractivity contribution < 1.29 is 4.74 Å². The highest BCUT2D eigenvalue weighted by Crippen LogP contribution is 2.20. The second-order valence-electron chi connectivity index (χ2n) is 3.71. The summed E-state index contributed by atoms with van der Waals surface area (Å²) in [5.41, 5.74) is 0.274. The predicted octanol–water partition coefficient (Wildman–Crippen LogP) is 1.73. The van der Waals surface area contributed by atoms with Crippen molar-refractivity contribution in [3.05, 3.63) is 0 Å². The summed E-state index contributed by atoms with van der Waals surface area (Å²) in [4.78, 5) is 2.53. The van der Waals surface area contributed by atoms with Crippen LogP contribution in [0.15, 0.2) is 0 Å². The van der Waals surface area contributed by atoms with Gasteiger partial charge in [-0.3, -0.25) is 4.90 Å². The van der Waals surface area contributed by atoms with Gasteiger partial charge in [-0.25, -0.2) is 0 Å². The first-order valence-electron chi connectivity index (χ1n) is 6.35. The fraction of sp³-hybridized carbons (Fsp3) is 1.00. The zero-order valence-corrected chi connectivity index (χ0v) is 11.1. The van der Waals surface area contributed by atoms with Crippen LogP contribution in [-0.2, 0) is 4.74 Å². The van der Waals surface area contributed by atoms with Gasteiger partial charge < -0.3 is 10.1 Å². The lowest BCUT2D eigenvalue weighted by Gasteiger charge is -2.47. The molecule has 1 N–H and O–H groups in total. The number of hydrogen-bond acceptors (Lipinski definition) is 3. The molecule has 0 amide bonds. The maximum absolute atomic E-state index is 5.46. The van der Waals surface area contributed by atoms with Gasteiger partial charge in [0.05, 0.1) is 18.8 Å². The highest BCUT2D eigenvalue weighted by atomic mass is 16.5. The maximum Gasteiger partial charge on any atom is 0.0660 e. The van der Waals surface area contributed by atoms with Crippen molar-refractivity contribution >= 4 is 0 Å². The lowest BCUT2D eigenvalue weighted by atomic mass is 9.97. The summed E-state index contributed by atoms with van der Waals surface area (Å²) in [5, 5.41) is 3.40. The van der Waals surface area contributed by atoms with Crippen molar-refractivity contribution in [1.29, 1.82) is 0 Å². The maximum atomic E-state index is 5.46. The zero-order chi connectivity index (χ0) is 11.7. The molecule has 0 aromatic heterocycles. The van der Waals surface area contributed by atoms with Crippen molar-refractivity contribution in [1.82, 2.24) is 10.2 Å². The average molecular weight is 216 g/mol. The summed E-state index contributed by atoms with van der Waals surface area (Å²) in [6.07, 6.45) is 0. The smallest absolute Gasteiger partial charge is 0.0660 e. The normalized spacial score (nSPS) is 30.2. The summed E-state index contributed by atoms with van der Waals surface area (Å²) in [6, 6.07) is 0. The Bertz CT molecular complexity index is 139. The van der Waals surface area contributed by atoms with Crippen molar-refractivity contribution in [3.63, 3.8) is 0 Å². The Labute approximate surface area is 95.2 Å². The molecule has 1 unspecified atom stereocenters. The molecule has 2 aliphatic heterocycles. The molecule has 0 aromatic carbocycles. The summed E-state index contributed by atoms with van der Waals surface area (Å²) >= 11 is 0. The van der Waals surface area contributed by atoms with E-state index in [4.69, 9.17) is 4.74 Å². The van der Waals surface area contributed by atoms with E-state index in [1.807, 2.05) is 27.7 Å². The van der Waals surface area contributed by atoms with Crippen LogP contribution in [0, 0.1) is 0 Å². The second kappa shape index (κ2) is 8.08. The number of nitrogens with zero attached hydrogens (tertiary/aromatic N) is 1. The van der Waals surface area contributed by atoms with Gasteiger partial charge in [-0.05, 0) is 6.92 Å². The molecular formula is C12H28N2O. The molecule has 15 heavy (non-hydrogen) atoms. The quantitative estimate of drug-likeness (QED) is 0.667. The minimum atomic E-state index is 0.274. The van der Waals surface area contributed by atoms with Crippen molar-refractivity contribution in [2.75, 3.05) is 39.4 Å². The van der Waals surface area contributed by atoms with E-state index in [0.717, 1.165) is 32.8 Å². The lowest BCUT2D eigenvalue weighted by molar-refractivity contribution is -0.0698. The summed E-state index contributed by atoms with van der Waals surface area (Å²) in [5.74, 6) is 0. The molecule has 0 bridgehead atoms. The molecule has 3 heteroatoms. The molecule has 0 aromatic rings. The minimum Gasteiger partial charge on any atom is -0.378 e. The predicted molar refractivity (Wildman–Crippen MR) is 66.4 cm³/mol. The van der Waals surface area contributed by atoms with E-state index in [1.54, 1.807) is 0 Å². The number of piperazine rings is 1. The van der Waals surface area contributed by atoms with E-state index < -0.39 is 0 Å². The number of rotatable bonds is 0. The zero-order valence-electron chi connectivity index (χ0n) is 11.1. The first-order valence-corrected chi connectivity index (χ1v) is 6.35. The van der Waals surface area contributed by atoms with Crippen LogP contribution >= 0.6 is 0 Å². The molecule has 2 saturated heterocycles. The molecule has 3 nitrogen and oxygen atoms in total. The van der Waals surface area contributed by atoms with Gasteiger partial charge >= 0.3 is 0 Å². The summed E-state index contributed by atoms with van der Waals surface area (Å²) in [7, 11) is 0. The summed E-state index contributed by atoms with van der Waals surface area (Å²) < 4.78 is 5.46. The highest BCUT2D eigenvalue weighted by Gasteiger charge is 2.36. The van der Waals surface area contributed by atoms with Crippen molar-refractivity contribution in [2.24, 2.45) is 0 Å². The van der Waals surface area contributed by atoms with Crippen LogP contribution < -0.4 is 5.32 Å². The topological polar surface area (TPSA) is 24.5 Å². The van der Waals surface area contributed by atoms with E-state index in [1.165, 1.54) is 6.54 Å². The largest absolute Gasteiger partial charge is 0.378 e. The van der Waals surface area contributed by atoms with Gasteiger partial charge in [0.15, 0.2) is 0 Å². The Morgan fingerprint density at radius 1 is 1.13 bits per heavy atom. The van der Waals surface area contributed by atoms with E-state index in [9.17, 15) is 0 Å². The van der Waals surface area contributed by atoms with E-state index in [2.05, 4.69) is 17.1 Å². The van der Waals surface area contributed by atoms with Gasteiger partial charge in [0, 0.05) is 26.2 Å². The fourth-order valence-electron chi connectivity index (χ4n) is 1.94. The molecule has 0 aliphatic carbocycles. The van der Waals surface area contributed by atoms with Gasteiger partial charge in [0.2, 0.25) is 0 Å². The van der Waals surface area contributed by atoms with Crippen LogP contribution in [0.3, 0.4) is 0 Å². The van der Waals surface area contributed by atoms with Gasteiger partial charge in [0.25, 0.3) is 0 Å². The lowest BCUT2D eigenvalue weighted by Crippen LogP contribution is -2.64. The van der Waals surface area contributed by atoms with Crippen LogP contribution in [0.1, 0.15) is 34.6 Å². The van der Waals surface area contributed by atoms with Crippen LogP contribution in [-0.4, -0.2) is 49.8 Å². The number of hydrogen-bond donors (Lipinski definition) is 1. The Morgan fingerprint density at radius 3 is 2.40 bits per heavy atom. The fourth-order valence-corrected chi connectivity index (χ4v) is 1.94. The molecule has 0 saturated carbocycles. The molecule has 0 spiro atoms. The Hall–Kier alpha value is -0.120. The van der Waals surface area contributed by atoms with Crippen molar-refractivity contribution in [2.45, 2.75) is 40.2 Å². The van der Waals surface area contributed by atoms with Gasteiger partial charge in [-0.15, -0.1) is 0 Å². The third-order valence-corrected chi connectivity index (χ3v) is 2.75. The Kier molecular flexibility index (Phi) is 8.02. The monoisotopic (exact) mass is 216 g/mol.